The lowest BCUT2D eigenvalue weighted by molar-refractivity contribution is 0.0218. The lowest BCUT2D eigenvalue weighted by Crippen LogP contribution is -2.41. The molecule has 2 rings (SSSR count). The molecule has 0 aromatic carbocycles. The maximum atomic E-state index is 12.0. The summed E-state index contributed by atoms with van der Waals surface area (Å²) in [5, 5.41) is 3.38. The van der Waals surface area contributed by atoms with Gasteiger partial charge in [0.2, 0.25) is 0 Å². The minimum atomic E-state index is -0.396. The number of fused-ring (bicyclic) bond motifs is 1. The first-order chi connectivity index (χ1) is 7.38. The van der Waals surface area contributed by atoms with E-state index in [0.717, 1.165) is 19.6 Å². The van der Waals surface area contributed by atoms with Gasteiger partial charge in [-0.05, 0) is 39.5 Å². The van der Waals surface area contributed by atoms with Crippen LogP contribution in [0.2, 0.25) is 0 Å². The number of nitrogens with zero attached hydrogens (tertiary/aromatic N) is 1. The van der Waals surface area contributed by atoms with Crippen LogP contribution in [0.4, 0.5) is 4.79 Å². The first kappa shape index (κ1) is 11.7. The average Bonchev–Trinajstić information content (AvgIpc) is 2.66. The van der Waals surface area contributed by atoms with E-state index in [2.05, 4.69) is 12.2 Å². The quantitative estimate of drug-likeness (QED) is 0.680. The molecule has 4 heteroatoms. The molecule has 2 aliphatic rings. The van der Waals surface area contributed by atoms with Gasteiger partial charge in [-0.3, -0.25) is 0 Å². The molecule has 0 spiro atoms. The second-order valence-corrected chi connectivity index (χ2v) is 5.96. The number of rotatable bonds is 0. The van der Waals surface area contributed by atoms with E-state index in [1.807, 2.05) is 25.7 Å². The third-order valence-electron chi connectivity index (χ3n) is 3.56. The second kappa shape index (κ2) is 3.91. The maximum absolute atomic E-state index is 12.0. The van der Waals surface area contributed by atoms with E-state index in [-0.39, 0.29) is 6.09 Å². The van der Waals surface area contributed by atoms with E-state index in [1.165, 1.54) is 0 Å². The molecule has 1 N–H and O–H groups in total. The third kappa shape index (κ3) is 2.17. The highest BCUT2D eigenvalue weighted by Crippen LogP contribution is 2.33. The van der Waals surface area contributed by atoms with Crippen LogP contribution in [0.15, 0.2) is 0 Å². The van der Waals surface area contributed by atoms with Gasteiger partial charge < -0.3 is 15.0 Å². The van der Waals surface area contributed by atoms with Crippen LogP contribution in [0.5, 0.6) is 0 Å². The van der Waals surface area contributed by atoms with Gasteiger partial charge in [-0.15, -0.1) is 0 Å². The van der Waals surface area contributed by atoms with Crippen LogP contribution in [0.25, 0.3) is 0 Å². The number of hydrogen-bond acceptors (Lipinski definition) is 3. The lowest BCUT2D eigenvalue weighted by atomic mass is 9.95. The van der Waals surface area contributed by atoms with Crippen molar-refractivity contribution >= 4 is 6.09 Å². The second-order valence-electron chi connectivity index (χ2n) is 5.96. The molecule has 92 valence electrons. The van der Waals surface area contributed by atoms with Gasteiger partial charge in [0, 0.05) is 25.7 Å². The average molecular weight is 226 g/mol. The largest absolute Gasteiger partial charge is 0.444 e. The van der Waals surface area contributed by atoms with Gasteiger partial charge in [-0.2, -0.15) is 0 Å². The van der Waals surface area contributed by atoms with Crippen molar-refractivity contribution in [2.45, 2.75) is 39.3 Å². The smallest absolute Gasteiger partial charge is 0.410 e. The maximum Gasteiger partial charge on any atom is 0.410 e. The fourth-order valence-corrected chi connectivity index (χ4v) is 2.73. The number of carbonyl (C=O) groups excluding carboxylic acids is 1. The van der Waals surface area contributed by atoms with Crippen molar-refractivity contribution in [1.82, 2.24) is 10.2 Å². The molecular formula is C12H22N2O2. The van der Waals surface area contributed by atoms with E-state index in [4.69, 9.17) is 4.74 Å². The number of hydrogen-bond donors (Lipinski definition) is 1. The summed E-state index contributed by atoms with van der Waals surface area (Å²) in [6.07, 6.45) is -0.158. The predicted octanol–water partition coefficient (Wildman–Crippen LogP) is 1.46. The van der Waals surface area contributed by atoms with Crippen LogP contribution in [-0.4, -0.2) is 42.3 Å². The van der Waals surface area contributed by atoms with Crippen LogP contribution in [-0.2, 0) is 4.74 Å². The molecule has 0 aromatic heterocycles. The molecule has 0 bridgehead atoms. The summed E-state index contributed by atoms with van der Waals surface area (Å²) in [6.45, 7) is 10.8. The molecule has 16 heavy (non-hydrogen) atoms. The van der Waals surface area contributed by atoms with Crippen LogP contribution < -0.4 is 5.32 Å². The normalized spacial score (nSPS) is 34.0. The lowest BCUT2D eigenvalue weighted by Gasteiger charge is -2.28. The van der Waals surface area contributed by atoms with Crippen LogP contribution in [0.1, 0.15) is 27.7 Å². The Hall–Kier alpha value is -0.770. The van der Waals surface area contributed by atoms with Crippen molar-refractivity contribution in [1.29, 1.82) is 0 Å². The van der Waals surface area contributed by atoms with Gasteiger partial charge in [0.05, 0.1) is 0 Å². The Morgan fingerprint density at radius 3 is 2.62 bits per heavy atom. The summed E-state index contributed by atoms with van der Waals surface area (Å²) in [5.41, 5.74) is -0.396. The first-order valence-corrected chi connectivity index (χ1v) is 6.09. The van der Waals surface area contributed by atoms with Crippen LogP contribution in [0.3, 0.4) is 0 Å². The van der Waals surface area contributed by atoms with Crippen molar-refractivity contribution in [2.75, 3.05) is 19.6 Å². The summed E-state index contributed by atoms with van der Waals surface area (Å²) < 4.78 is 5.42. The van der Waals surface area contributed by atoms with Crippen LogP contribution >= 0.6 is 0 Å². The number of carbonyl (C=O) groups is 1. The molecule has 2 fully saturated rings. The molecule has 4 nitrogen and oxygen atoms in total. The van der Waals surface area contributed by atoms with Crippen LogP contribution in [0, 0.1) is 11.8 Å². The Labute approximate surface area is 97.3 Å². The summed E-state index contributed by atoms with van der Waals surface area (Å²) in [6, 6.07) is 0.301. The van der Waals surface area contributed by atoms with Gasteiger partial charge in [0.1, 0.15) is 5.60 Å². The SMILES string of the molecule is C[C@H]1[C@@H]2CNC[C@@H]2CN1C(=O)OC(C)(C)C. The Balaban J connectivity index is 1.99. The molecule has 0 aromatic rings. The molecule has 3 atom stereocenters. The summed E-state index contributed by atoms with van der Waals surface area (Å²) >= 11 is 0. The van der Waals surface area contributed by atoms with Gasteiger partial charge in [-0.1, -0.05) is 0 Å². The number of nitrogens with one attached hydrogen (secondary N) is 1. The highest BCUT2D eigenvalue weighted by molar-refractivity contribution is 5.69. The van der Waals surface area contributed by atoms with Gasteiger partial charge in [0.15, 0.2) is 0 Å². The zero-order valence-corrected chi connectivity index (χ0v) is 10.6. The number of likely N-dealkylation sites (tertiary alicyclic amines) is 1. The zero-order valence-electron chi connectivity index (χ0n) is 10.6. The standard InChI is InChI=1S/C12H22N2O2/c1-8-10-6-13-5-9(10)7-14(8)11(15)16-12(2,3)4/h8-10,13H,5-7H2,1-4H3/t8-,9+,10-/m0/s1. The van der Waals surface area contributed by atoms with Crippen molar-refractivity contribution < 1.29 is 9.53 Å². The predicted molar refractivity (Wildman–Crippen MR) is 62.3 cm³/mol. The monoisotopic (exact) mass is 226 g/mol. The number of ether oxygens (including phenoxy) is 1. The summed E-state index contributed by atoms with van der Waals surface area (Å²) in [4.78, 5) is 13.9. The molecule has 2 saturated heterocycles. The van der Waals surface area contributed by atoms with Crippen molar-refractivity contribution in [3.63, 3.8) is 0 Å². The van der Waals surface area contributed by atoms with Gasteiger partial charge in [-0.25, -0.2) is 4.79 Å². The molecule has 0 saturated carbocycles. The molecule has 0 aliphatic carbocycles. The van der Waals surface area contributed by atoms with E-state index < -0.39 is 5.60 Å². The minimum absolute atomic E-state index is 0.158. The topological polar surface area (TPSA) is 41.6 Å². The Bertz CT molecular complexity index is 285. The fraction of sp³-hybridized carbons (Fsp3) is 0.917. The van der Waals surface area contributed by atoms with Crippen molar-refractivity contribution in [3.05, 3.63) is 0 Å². The highest BCUT2D eigenvalue weighted by Gasteiger charge is 2.44. The van der Waals surface area contributed by atoms with Crippen molar-refractivity contribution in [2.24, 2.45) is 11.8 Å². The Kier molecular flexibility index (Phi) is 2.86. The minimum Gasteiger partial charge on any atom is -0.444 e. The van der Waals surface area contributed by atoms with Gasteiger partial charge in [0.25, 0.3) is 0 Å². The molecule has 0 radical (unpaired) electrons. The Morgan fingerprint density at radius 2 is 2.06 bits per heavy atom. The Morgan fingerprint density at radius 1 is 1.38 bits per heavy atom. The fourth-order valence-electron chi connectivity index (χ4n) is 2.73. The first-order valence-electron chi connectivity index (χ1n) is 6.09. The number of amides is 1. The summed E-state index contributed by atoms with van der Waals surface area (Å²) in [7, 11) is 0. The van der Waals surface area contributed by atoms with E-state index in [1.54, 1.807) is 0 Å². The molecule has 0 unspecified atom stereocenters. The van der Waals surface area contributed by atoms with E-state index in [0.29, 0.717) is 17.9 Å². The molecule has 2 aliphatic heterocycles. The summed E-state index contributed by atoms with van der Waals surface area (Å²) in [5.74, 6) is 1.22. The van der Waals surface area contributed by atoms with E-state index in [9.17, 15) is 4.79 Å². The molecule has 1 amide bonds. The zero-order chi connectivity index (χ0) is 11.9. The third-order valence-corrected chi connectivity index (χ3v) is 3.56. The van der Waals surface area contributed by atoms with Gasteiger partial charge >= 0.3 is 6.09 Å². The van der Waals surface area contributed by atoms with Crippen molar-refractivity contribution in [3.8, 4) is 0 Å². The molecule has 2 heterocycles. The van der Waals surface area contributed by atoms with E-state index >= 15 is 0 Å². The molecular weight excluding hydrogens is 204 g/mol. The highest BCUT2D eigenvalue weighted by atomic mass is 16.6.